The van der Waals surface area contributed by atoms with Crippen LogP contribution in [0.1, 0.15) is 18.4 Å². The molecule has 1 aromatic heterocycles. The van der Waals surface area contributed by atoms with Crippen molar-refractivity contribution in [3.05, 3.63) is 72.4 Å². The van der Waals surface area contributed by atoms with Gasteiger partial charge in [0.15, 0.2) is 0 Å². The Labute approximate surface area is 165 Å². The second kappa shape index (κ2) is 8.26. The number of rotatable bonds is 7. The molecule has 1 fully saturated rings. The van der Waals surface area contributed by atoms with Crippen LogP contribution in [0.5, 0.6) is 0 Å². The van der Waals surface area contributed by atoms with E-state index in [1.165, 1.54) is 0 Å². The van der Waals surface area contributed by atoms with E-state index in [0.717, 1.165) is 24.0 Å². The number of nitrogens with one attached hydrogen (secondary N) is 1. The van der Waals surface area contributed by atoms with Gasteiger partial charge in [-0.3, -0.25) is 4.68 Å². The number of benzene rings is 2. The second-order valence-electron chi connectivity index (χ2n) is 6.88. The van der Waals surface area contributed by atoms with Crippen LogP contribution in [0.15, 0.2) is 71.8 Å². The van der Waals surface area contributed by atoms with Crippen molar-refractivity contribution >= 4 is 10.0 Å². The lowest BCUT2D eigenvalue weighted by Gasteiger charge is -2.11. The molecule has 0 radical (unpaired) electrons. The molecule has 1 saturated heterocycles. The topological polar surface area (TPSA) is 73.2 Å². The minimum absolute atomic E-state index is 0.0608. The van der Waals surface area contributed by atoms with Crippen molar-refractivity contribution in [2.24, 2.45) is 0 Å². The Morgan fingerprint density at radius 3 is 2.46 bits per heavy atom. The highest BCUT2D eigenvalue weighted by Gasteiger charge is 2.25. The molecule has 1 aliphatic heterocycles. The van der Waals surface area contributed by atoms with Crippen molar-refractivity contribution in [1.29, 1.82) is 0 Å². The molecule has 0 aliphatic carbocycles. The van der Waals surface area contributed by atoms with Crippen molar-refractivity contribution in [3.63, 3.8) is 0 Å². The Morgan fingerprint density at radius 2 is 1.79 bits per heavy atom. The molecule has 1 aliphatic rings. The van der Waals surface area contributed by atoms with E-state index in [9.17, 15) is 8.42 Å². The van der Waals surface area contributed by atoms with E-state index in [2.05, 4.69) is 9.82 Å². The first-order valence-electron chi connectivity index (χ1n) is 9.40. The summed E-state index contributed by atoms with van der Waals surface area (Å²) in [7, 11) is -3.71. The van der Waals surface area contributed by atoms with Crippen LogP contribution in [0.25, 0.3) is 11.3 Å². The minimum Gasteiger partial charge on any atom is -0.377 e. The Hall–Kier alpha value is -2.48. The van der Waals surface area contributed by atoms with Crippen LogP contribution in [0.4, 0.5) is 0 Å². The maximum Gasteiger partial charge on any atom is 0.244 e. The highest BCUT2D eigenvalue weighted by molar-refractivity contribution is 7.89. The Morgan fingerprint density at radius 1 is 1.07 bits per heavy atom. The van der Waals surface area contributed by atoms with Crippen molar-refractivity contribution in [2.45, 2.75) is 30.4 Å². The Balaban J connectivity index is 1.65. The predicted molar refractivity (Wildman–Crippen MR) is 107 cm³/mol. The summed E-state index contributed by atoms with van der Waals surface area (Å²) in [6.07, 6.45) is 3.39. The molecule has 6 nitrogen and oxygen atoms in total. The summed E-state index contributed by atoms with van der Waals surface area (Å²) < 4.78 is 36.0. The molecule has 2 heterocycles. The zero-order valence-electron chi connectivity index (χ0n) is 15.5. The predicted octanol–water partition coefficient (Wildman–Crippen LogP) is 3.06. The quantitative estimate of drug-likeness (QED) is 0.665. The molecule has 0 spiro atoms. The van der Waals surface area contributed by atoms with E-state index < -0.39 is 10.0 Å². The lowest BCUT2D eigenvalue weighted by Crippen LogP contribution is -2.31. The lowest BCUT2D eigenvalue weighted by atomic mass is 10.2. The molecule has 0 bridgehead atoms. The highest BCUT2D eigenvalue weighted by atomic mass is 32.2. The van der Waals surface area contributed by atoms with E-state index >= 15 is 0 Å². The van der Waals surface area contributed by atoms with Gasteiger partial charge in [0.1, 0.15) is 10.6 Å². The van der Waals surface area contributed by atoms with Gasteiger partial charge in [-0.1, -0.05) is 60.7 Å². The lowest BCUT2D eigenvalue weighted by molar-refractivity contribution is 0.114. The summed E-state index contributed by atoms with van der Waals surface area (Å²) in [4.78, 5) is 0.188. The largest absolute Gasteiger partial charge is 0.377 e. The zero-order valence-corrected chi connectivity index (χ0v) is 16.3. The number of nitrogens with zero attached hydrogens (tertiary/aromatic N) is 2. The van der Waals surface area contributed by atoms with E-state index in [0.29, 0.717) is 18.8 Å². The summed E-state index contributed by atoms with van der Waals surface area (Å²) in [6, 6.07) is 19.2. The minimum atomic E-state index is -3.71. The SMILES string of the molecule is O=S(=O)(NCC1CCCO1)c1cn(Cc2ccccc2)nc1-c1ccccc1. The van der Waals surface area contributed by atoms with Gasteiger partial charge >= 0.3 is 0 Å². The number of ether oxygens (including phenoxy) is 1. The normalized spacial score (nSPS) is 17.1. The van der Waals surface area contributed by atoms with Gasteiger partial charge in [0.25, 0.3) is 0 Å². The number of aromatic nitrogens is 2. The fourth-order valence-corrected chi connectivity index (χ4v) is 4.57. The maximum absolute atomic E-state index is 13.0. The first-order chi connectivity index (χ1) is 13.6. The molecule has 0 saturated carbocycles. The van der Waals surface area contributed by atoms with Gasteiger partial charge in [-0.2, -0.15) is 5.10 Å². The smallest absolute Gasteiger partial charge is 0.244 e. The molecule has 7 heteroatoms. The molecular formula is C21H23N3O3S. The molecule has 4 rings (SSSR count). The van der Waals surface area contributed by atoms with Crippen molar-refractivity contribution < 1.29 is 13.2 Å². The van der Waals surface area contributed by atoms with Crippen molar-refractivity contribution in [2.75, 3.05) is 13.2 Å². The van der Waals surface area contributed by atoms with E-state index in [1.54, 1.807) is 10.9 Å². The third-order valence-corrected chi connectivity index (χ3v) is 6.20. The van der Waals surface area contributed by atoms with E-state index in [1.807, 2.05) is 60.7 Å². The molecule has 1 N–H and O–H groups in total. The summed E-state index contributed by atoms with van der Waals surface area (Å²) >= 11 is 0. The number of hydrogen-bond acceptors (Lipinski definition) is 4. The monoisotopic (exact) mass is 397 g/mol. The van der Waals surface area contributed by atoms with Crippen LogP contribution >= 0.6 is 0 Å². The van der Waals surface area contributed by atoms with Crippen LogP contribution in [0, 0.1) is 0 Å². The standard InChI is InChI=1S/C21H23N3O3S/c25-28(26,22-14-19-12-7-13-27-19)20-16-24(15-17-8-3-1-4-9-17)23-21(20)18-10-5-2-6-11-18/h1-6,8-11,16,19,22H,7,12-15H2. The van der Waals surface area contributed by atoms with Crippen LogP contribution in [0.3, 0.4) is 0 Å². The average Bonchev–Trinajstić information content (AvgIpc) is 3.38. The fourth-order valence-electron chi connectivity index (χ4n) is 3.33. The molecule has 1 unspecified atom stereocenters. The average molecular weight is 398 g/mol. The molecule has 2 aromatic carbocycles. The van der Waals surface area contributed by atoms with Gasteiger partial charge in [0.05, 0.1) is 12.6 Å². The van der Waals surface area contributed by atoms with Gasteiger partial charge in [0.2, 0.25) is 10.0 Å². The van der Waals surface area contributed by atoms with Crippen molar-refractivity contribution in [1.82, 2.24) is 14.5 Å². The summed E-state index contributed by atoms with van der Waals surface area (Å²) in [5.74, 6) is 0. The number of sulfonamides is 1. The summed E-state index contributed by atoms with van der Waals surface area (Å²) in [5, 5.41) is 4.59. The van der Waals surface area contributed by atoms with Crippen LogP contribution < -0.4 is 4.72 Å². The van der Waals surface area contributed by atoms with E-state index in [-0.39, 0.29) is 17.5 Å². The third-order valence-electron chi connectivity index (χ3n) is 4.78. The third kappa shape index (κ3) is 4.32. The Kier molecular flexibility index (Phi) is 5.57. The zero-order chi connectivity index (χ0) is 19.4. The van der Waals surface area contributed by atoms with Gasteiger partial charge in [-0.15, -0.1) is 0 Å². The Bertz CT molecular complexity index is 1010. The molecule has 28 heavy (non-hydrogen) atoms. The first kappa shape index (κ1) is 18.9. The van der Waals surface area contributed by atoms with Crippen LogP contribution in [0.2, 0.25) is 0 Å². The van der Waals surface area contributed by atoms with Crippen LogP contribution in [-0.4, -0.2) is 37.5 Å². The van der Waals surface area contributed by atoms with Gasteiger partial charge in [-0.05, 0) is 18.4 Å². The van der Waals surface area contributed by atoms with Gasteiger partial charge in [0, 0.05) is 24.9 Å². The highest BCUT2D eigenvalue weighted by Crippen LogP contribution is 2.26. The van der Waals surface area contributed by atoms with Gasteiger partial charge < -0.3 is 4.74 Å². The molecule has 146 valence electrons. The van der Waals surface area contributed by atoms with Crippen molar-refractivity contribution in [3.8, 4) is 11.3 Å². The first-order valence-corrected chi connectivity index (χ1v) is 10.9. The summed E-state index contributed by atoms with van der Waals surface area (Å²) in [6.45, 7) is 1.47. The molecule has 0 amide bonds. The molecule has 1 atom stereocenters. The van der Waals surface area contributed by atoms with Gasteiger partial charge in [-0.25, -0.2) is 13.1 Å². The molecular weight excluding hydrogens is 374 g/mol. The van der Waals surface area contributed by atoms with E-state index in [4.69, 9.17) is 4.74 Å². The van der Waals surface area contributed by atoms with Crippen LogP contribution in [-0.2, 0) is 21.3 Å². The molecule has 3 aromatic rings. The number of hydrogen-bond donors (Lipinski definition) is 1. The fraction of sp³-hybridized carbons (Fsp3) is 0.286. The summed E-state index contributed by atoms with van der Waals surface area (Å²) in [5.41, 5.74) is 2.28. The maximum atomic E-state index is 13.0. The second-order valence-corrected chi connectivity index (χ2v) is 8.61.